The van der Waals surface area contributed by atoms with Gasteiger partial charge in [-0.1, -0.05) is 12.1 Å². The van der Waals surface area contributed by atoms with Crippen LogP contribution in [0, 0.1) is 0 Å². The molecule has 1 atom stereocenters. The van der Waals surface area contributed by atoms with Gasteiger partial charge in [0.15, 0.2) is 0 Å². The number of piperidine rings is 1. The van der Waals surface area contributed by atoms with Crippen LogP contribution in [0.4, 0.5) is 5.69 Å². The Labute approximate surface area is 141 Å². The van der Waals surface area contributed by atoms with Gasteiger partial charge in [0.1, 0.15) is 11.8 Å². The number of imide groups is 1. The van der Waals surface area contributed by atoms with Crippen LogP contribution in [0.3, 0.4) is 0 Å². The SMILES string of the molecule is O=C1CCC(c2cccc3c2CCN3C2CCC(=O)NC2=O)CC1. The monoisotopic (exact) mass is 326 g/mol. The number of hydrogen-bond donors (Lipinski definition) is 1. The number of nitrogens with one attached hydrogen (secondary N) is 1. The number of anilines is 1. The molecule has 1 saturated heterocycles. The summed E-state index contributed by atoms with van der Waals surface area (Å²) in [5, 5.41) is 2.46. The second kappa shape index (κ2) is 6.04. The second-order valence-electron chi connectivity index (χ2n) is 7.07. The Kier molecular flexibility index (Phi) is 3.87. The lowest BCUT2D eigenvalue weighted by Crippen LogP contribution is -2.52. The summed E-state index contributed by atoms with van der Waals surface area (Å²) in [6.45, 7) is 0.824. The molecular formula is C19H22N2O3. The number of hydrogen-bond acceptors (Lipinski definition) is 4. The molecule has 24 heavy (non-hydrogen) atoms. The van der Waals surface area contributed by atoms with Crippen molar-refractivity contribution in [1.82, 2.24) is 5.32 Å². The first kappa shape index (κ1) is 15.4. The molecule has 1 N–H and O–H groups in total. The van der Waals surface area contributed by atoms with Crippen LogP contribution >= 0.6 is 0 Å². The Balaban J connectivity index is 1.60. The first-order valence-corrected chi connectivity index (χ1v) is 8.87. The topological polar surface area (TPSA) is 66.5 Å². The Morgan fingerprint density at radius 2 is 1.75 bits per heavy atom. The molecule has 1 unspecified atom stereocenters. The molecule has 4 rings (SSSR count). The predicted molar refractivity (Wildman–Crippen MR) is 89.9 cm³/mol. The minimum atomic E-state index is -0.243. The highest BCUT2D eigenvalue weighted by Crippen LogP contribution is 2.40. The van der Waals surface area contributed by atoms with Crippen molar-refractivity contribution in [2.75, 3.05) is 11.4 Å². The fourth-order valence-electron chi connectivity index (χ4n) is 4.42. The molecule has 0 bridgehead atoms. The third kappa shape index (κ3) is 2.62. The third-order valence-corrected chi connectivity index (χ3v) is 5.67. The highest BCUT2D eigenvalue weighted by molar-refractivity contribution is 6.02. The third-order valence-electron chi connectivity index (χ3n) is 5.67. The fraction of sp³-hybridized carbons (Fsp3) is 0.526. The van der Waals surface area contributed by atoms with Gasteiger partial charge in [0.05, 0.1) is 0 Å². The van der Waals surface area contributed by atoms with E-state index in [-0.39, 0.29) is 17.9 Å². The Morgan fingerprint density at radius 3 is 2.50 bits per heavy atom. The number of rotatable bonds is 2. The molecule has 5 heteroatoms. The Morgan fingerprint density at radius 1 is 0.958 bits per heavy atom. The van der Waals surface area contributed by atoms with E-state index in [1.54, 1.807) is 0 Å². The molecule has 3 aliphatic rings. The van der Waals surface area contributed by atoms with Gasteiger partial charge >= 0.3 is 0 Å². The van der Waals surface area contributed by atoms with Crippen LogP contribution in [0.2, 0.25) is 0 Å². The molecule has 2 fully saturated rings. The quantitative estimate of drug-likeness (QED) is 0.845. The molecule has 5 nitrogen and oxygen atoms in total. The summed E-state index contributed by atoms with van der Waals surface area (Å²) in [6.07, 6.45) is 5.18. The predicted octanol–water partition coefficient (Wildman–Crippen LogP) is 2.08. The van der Waals surface area contributed by atoms with E-state index in [2.05, 4.69) is 28.4 Å². The van der Waals surface area contributed by atoms with E-state index < -0.39 is 0 Å². The molecule has 0 aromatic heterocycles. The maximum absolute atomic E-state index is 12.2. The van der Waals surface area contributed by atoms with E-state index >= 15 is 0 Å². The van der Waals surface area contributed by atoms with Gasteiger partial charge in [-0.3, -0.25) is 19.7 Å². The molecule has 0 spiro atoms. The number of Topliss-reactive ketones (excluding diaryl/α,β-unsaturated/α-hetero) is 1. The second-order valence-corrected chi connectivity index (χ2v) is 7.07. The number of ketones is 1. The van der Waals surface area contributed by atoms with Crippen molar-refractivity contribution in [2.45, 2.75) is 56.9 Å². The van der Waals surface area contributed by atoms with Gasteiger partial charge in [-0.2, -0.15) is 0 Å². The van der Waals surface area contributed by atoms with E-state index in [9.17, 15) is 14.4 Å². The van der Waals surface area contributed by atoms with Crippen molar-refractivity contribution >= 4 is 23.3 Å². The molecule has 1 aromatic carbocycles. The number of amides is 2. The lowest BCUT2D eigenvalue weighted by Gasteiger charge is -2.32. The molecule has 1 aliphatic carbocycles. The van der Waals surface area contributed by atoms with Gasteiger partial charge in [0.25, 0.3) is 0 Å². The number of benzene rings is 1. The lowest BCUT2D eigenvalue weighted by molar-refractivity contribution is -0.134. The Bertz CT molecular complexity index is 703. The van der Waals surface area contributed by atoms with Gasteiger partial charge < -0.3 is 4.90 Å². The van der Waals surface area contributed by atoms with Crippen LogP contribution in [0.15, 0.2) is 18.2 Å². The summed E-state index contributed by atoms with van der Waals surface area (Å²) in [6, 6.07) is 6.10. The summed E-state index contributed by atoms with van der Waals surface area (Å²) >= 11 is 0. The zero-order valence-corrected chi connectivity index (χ0v) is 13.7. The van der Waals surface area contributed by atoms with Crippen LogP contribution in [0.25, 0.3) is 0 Å². The fourth-order valence-corrected chi connectivity index (χ4v) is 4.42. The number of fused-ring (bicyclic) bond motifs is 1. The van der Waals surface area contributed by atoms with Gasteiger partial charge in [-0.15, -0.1) is 0 Å². The molecule has 2 heterocycles. The van der Waals surface area contributed by atoms with Gasteiger partial charge in [0.2, 0.25) is 11.8 Å². The van der Waals surface area contributed by atoms with E-state index in [0.717, 1.165) is 31.5 Å². The highest BCUT2D eigenvalue weighted by atomic mass is 16.2. The first-order chi connectivity index (χ1) is 11.6. The van der Waals surface area contributed by atoms with Crippen molar-refractivity contribution in [1.29, 1.82) is 0 Å². The summed E-state index contributed by atoms with van der Waals surface area (Å²) in [7, 11) is 0. The summed E-state index contributed by atoms with van der Waals surface area (Å²) in [5.74, 6) is 0.493. The number of carbonyl (C=O) groups excluding carboxylic acids is 3. The van der Waals surface area contributed by atoms with Crippen molar-refractivity contribution in [3.05, 3.63) is 29.3 Å². The van der Waals surface area contributed by atoms with Gasteiger partial charge in [0, 0.05) is 31.5 Å². The Hall–Kier alpha value is -2.17. The first-order valence-electron chi connectivity index (χ1n) is 8.87. The highest BCUT2D eigenvalue weighted by Gasteiger charge is 2.36. The zero-order chi connectivity index (χ0) is 16.7. The summed E-state index contributed by atoms with van der Waals surface area (Å²) < 4.78 is 0. The average Bonchev–Trinajstić information content (AvgIpc) is 3.00. The average molecular weight is 326 g/mol. The van der Waals surface area contributed by atoms with E-state index in [1.807, 2.05) is 0 Å². The van der Waals surface area contributed by atoms with Crippen LogP contribution in [-0.2, 0) is 20.8 Å². The minimum Gasteiger partial charge on any atom is -0.359 e. The standard InChI is InChI=1S/C19H22N2O3/c22-13-6-4-12(5-7-13)14-2-1-3-16-15(14)10-11-21(16)17-8-9-18(23)20-19(17)24/h1-3,12,17H,4-11H2,(H,20,23,24). The minimum absolute atomic E-state index is 0.170. The number of nitrogens with zero attached hydrogens (tertiary/aromatic N) is 1. The van der Waals surface area contributed by atoms with Crippen LogP contribution in [0.5, 0.6) is 0 Å². The molecule has 2 aliphatic heterocycles. The maximum atomic E-state index is 12.2. The van der Waals surface area contributed by atoms with Gasteiger partial charge in [-0.05, 0) is 48.8 Å². The normalized spacial score (nSPS) is 24.9. The number of carbonyl (C=O) groups is 3. The molecule has 126 valence electrons. The van der Waals surface area contributed by atoms with Crippen molar-refractivity contribution in [3.8, 4) is 0 Å². The molecule has 0 radical (unpaired) electrons. The van der Waals surface area contributed by atoms with E-state index in [0.29, 0.717) is 37.4 Å². The molecule has 1 aromatic rings. The van der Waals surface area contributed by atoms with Crippen LogP contribution in [0.1, 0.15) is 55.6 Å². The van der Waals surface area contributed by atoms with E-state index in [4.69, 9.17) is 0 Å². The lowest BCUT2D eigenvalue weighted by atomic mass is 9.81. The molecular weight excluding hydrogens is 304 g/mol. The smallest absolute Gasteiger partial charge is 0.249 e. The van der Waals surface area contributed by atoms with Crippen LogP contribution in [-0.4, -0.2) is 30.2 Å². The van der Waals surface area contributed by atoms with Crippen molar-refractivity contribution in [3.63, 3.8) is 0 Å². The molecule has 1 saturated carbocycles. The largest absolute Gasteiger partial charge is 0.359 e. The van der Waals surface area contributed by atoms with Crippen molar-refractivity contribution in [2.24, 2.45) is 0 Å². The molecule has 2 amide bonds. The van der Waals surface area contributed by atoms with Crippen molar-refractivity contribution < 1.29 is 14.4 Å². The van der Waals surface area contributed by atoms with Crippen LogP contribution < -0.4 is 10.2 Å². The maximum Gasteiger partial charge on any atom is 0.249 e. The zero-order valence-electron chi connectivity index (χ0n) is 13.7. The summed E-state index contributed by atoms with van der Waals surface area (Å²) in [5.41, 5.74) is 3.83. The summed E-state index contributed by atoms with van der Waals surface area (Å²) in [4.78, 5) is 37.3. The van der Waals surface area contributed by atoms with Gasteiger partial charge in [-0.25, -0.2) is 0 Å². The van der Waals surface area contributed by atoms with E-state index in [1.165, 1.54) is 11.1 Å².